The second kappa shape index (κ2) is 15.0. The molecule has 1 heterocycles. The Kier molecular flexibility index (Phi) is 10.0. The van der Waals surface area contributed by atoms with Crippen molar-refractivity contribution < 1.29 is 19.1 Å². The van der Waals surface area contributed by atoms with Crippen molar-refractivity contribution >= 4 is 73.2 Å². The second-order valence-electron chi connectivity index (χ2n) is 12.8. The predicted octanol–water partition coefficient (Wildman–Crippen LogP) is 9.44. The number of aliphatic hydroxyl groups is 1. The summed E-state index contributed by atoms with van der Waals surface area (Å²) in [4.78, 5) is 42.7. The van der Waals surface area contributed by atoms with Gasteiger partial charge in [-0.15, -0.1) is 0 Å². The minimum absolute atomic E-state index is 0.114. The van der Waals surface area contributed by atoms with Crippen molar-refractivity contribution in [3.8, 4) is 11.5 Å². The molecule has 2 amide bonds. The number of amides is 2. The van der Waals surface area contributed by atoms with Crippen LogP contribution in [-0.4, -0.2) is 34.1 Å². The Bertz CT molecular complexity index is 2520. The van der Waals surface area contributed by atoms with Crippen LogP contribution in [0, 0.1) is 0 Å². The van der Waals surface area contributed by atoms with Gasteiger partial charge in [-0.1, -0.05) is 109 Å². The number of aliphatic hydroxyl groups excluding tert-OH is 1. The van der Waals surface area contributed by atoms with Gasteiger partial charge in [0, 0.05) is 21.2 Å². The molecule has 52 heavy (non-hydrogen) atoms. The summed E-state index contributed by atoms with van der Waals surface area (Å²) in [6.45, 7) is -0.114. The summed E-state index contributed by atoms with van der Waals surface area (Å²) in [7, 11) is 0. The maximum Gasteiger partial charge on any atom is 0.347 e. The summed E-state index contributed by atoms with van der Waals surface area (Å²) >= 11 is 12.1. The van der Waals surface area contributed by atoms with Gasteiger partial charge >= 0.3 is 5.63 Å². The number of anilines is 1. The lowest BCUT2D eigenvalue weighted by Gasteiger charge is -2.28. The zero-order valence-electron chi connectivity index (χ0n) is 27.9. The van der Waals surface area contributed by atoms with Gasteiger partial charge in [-0.05, 0) is 82.9 Å². The van der Waals surface area contributed by atoms with Crippen LogP contribution < -0.4 is 16.3 Å². The number of aromatic nitrogens is 1. The van der Waals surface area contributed by atoms with Crippen LogP contribution in [0.2, 0.25) is 10.0 Å². The van der Waals surface area contributed by atoms with Crippen LogP contribution in [0.25, 0.3) is 43.9 Å². The molecule has 1 fully saturated rings. The van der Waals surface area contributed by atoms with E-state index >= 15 is 0 Å². The number of rotatable bonds is 6. The normalized spacial score (nSPS) is 13.4. The third kappa shape index (κ3) is 7.27. The maximum absolute atomic E-state index is 13.0. The number of nitrogens with one attached hydrogen (secondary N) is 2. The Balaban J connectivity index is 0.000000169. The summed E-state index contributed by atoms with van der Waals surface area (Å²) in [5, 5.41) is 20.8. The highest BCUT2D eigenvalue weighted by molar-refractivity contribution is 6.31. The quantitative estimate of drug-likeness (QED) is 0.157. The number of halogens is 2. The Morgan fingerprint density at radius 1 is 0.712 bits per heavy atom. The average Bonchev–Trinajstić information content (AvgIpc) is 3.64. The fraction of sp³-hybridized carbons (Fsp3) is 0.143. The Labute approximate surface area is 309 Å². The summed E-state index contributed by atoms with van der Waals surface area (Å²) in [5.74, 6) is -0.348. The van der Waals surface area contributed by atoms with E-state index in [1.165, 1.54) is 6.07 Å². The molecule has 6 aromatic carbocycles. The number of carbonyl (C=O) groups is 2. The molecule has 8 rings (SSSR count). The van der Waals surface area contributed by atoms with Gasteiger partial charge in [0.15, 0.2) is 0 Å². The van der Waals surface area contributed by atoms with Gasteiger partial charge in [0.05, 0.1) is 34.3 Å². The van der Waals surface area contributed by atoms with Gasteiger partial charge in [0.25, 0.3) is 11.8 Å². The largest absolute Gasteiger partial charge is 0.403 e. The van der Waals surface area contributed by atoms with Crippen LogP contribution in [0.5, 0.6) is 0 Å². The van der Waals surface area contributed by atoms with Gasteiger partial charge in [-0.2, -0.15) is 0 Å². The van der Waals surface area contributed by atoms with Crippen molar-refractivity contribution in [1.82, 2.24) is 10.3 Å². The van der Waals surface area contributed by atoms with E-state index in [0.717, 1.165) is 52.8 Å². The van der Waals surface area contributed by atoms with E-state index in [1.54, 1.807) is 36.4 Å². The summed E-state index contributed by atoms with van der Waals surface area (Å²) < 4.78 is 5.41. The first-order valence-electron chi connectivity index (χ1n) is 16.8. The van der Waals surface area contributed by atoms with Crippen molar-refractivity contribution in [1.29, 1.82) is 0 Å². The fourth-order valence-electron chi connectivity index (χ4n) is 6.68. The minimum Gasteiger partial charge on any atom is -0.403 e. The fourth-order valence-corrected chi connectivity index (χ4v) is 7.02. The second-order valence-corrected chi connectivity index (χ2v) is 13.6. The highest BCUT2D eigenvalue weighted by atomic mass is 35.5. The van der Waals surface area contributed by atoms with E-state index in [-0.39, 0.29) is 24.0 Å². The van der Waals surface area contributed by atoms with Crippen molar-refractivity contribution in [3.05, 3.63) is 153 Å². The Morgan fingerprint density at radius 3 is 2.10 bits per heavy atom. The molecule has 10 heteroatoms. The van der Waals surface area contributed by atoms with Crippen LogP contribution in [0.3, 0.4) is 0 Å². The van der Waals surface area contributed by atoms with Crippen LogP contribution in [-0.2, 0) is 0 Å². The molecule has 260 valence electrons. The number of hydrogen-bond acceptors (Lipinski definition) is 6. The number of benzene rings is 6. The Hall–Kier alpha value is -5.54. The maximum atomic E-state index is 13.0. The third-order valence-electron chi connectivity index (χ3n) is 9.36. The third-order valence-corrected chi connectivity index (χ3v) is 9.83. The molecule has 1 aromatic heterocycles. The number of nitrogens with zero attached hydrogens (tertiary/aromatic N) is 1. The molecule has 0 aliphatic heterocycles. The molecule has 8 nitrogen and oxygen atoms in total. The van der Waals surface area contributed by atoms with E-state index in [9.17, 15) is 19.5 Å². The molecular weight excluding hydrogens is 697 g/mol. The highest BCUT2D eigenvalue weighted by Crippen LogP contribution is 2.31. The molecule has 0 spiro atoms. The molecule has 0 bridgehead atoms. The van der Waals surface area contributed by atoms with Gasteiger partial charge in [-0.3, -0.25) is 9.59 Å². The number of fused-ring (bicyclic) bond motifs is 3. The first-order chi connectivity index (χ1) is 25.2. The van der Waals surface area contributed by atoms with E-state index in [1.807, 2.05) is 78.9 Å². The lowest BCUT2D eigenvalue weighted by molar-refractivity contribution is 0.0839. The van der Waals surface area contributed by atoms with Crippen LogP contribution in [0.1, 0.15) is 46.4 Å². The van der Waals surface area contributed by atoms with Gasteiger partial charge in [0.2, 0.25) is 5.89 Å². The van der Waals surface area contributed by atoms with Crippen molar-refractivity contribution in [2.45, 2.75) is 31.2 Å². The summed E-state index contributed by atoms with van der Waals surface area (Å²) in [5.41, 5.74) is 1.50. The van der Waals surface area contributed by atoms with E-state index in [2.05, 4.69) is 15.6 Å². The van der Waals surface area contributed by atoms with Gasteiger partial charge < -0.3 is 20.2 Å². The molecule has 1 aliphatic carbocycles. The zero-order chi connectivity index (χ0) is 36.2. The van der Waals surface area contributed by atoms with Crippen LogP contribution in [0.15, 0.2) is 131 Å². The molecule has 1 saturated carbocycles. The molecule has 0 unspecified atom stereocenters. The van der Waals surface area contributed by atoms with Gasteiger partial charge in [-0.25, -0.2) is 9.78 Å². The Morgan fingerprint density at radius 2 is 1.35 bits per heavy atom. The van der Waals surface area contributed by atoms with E-state index < -0.39 is 11.2 Å². The molecule has 0 saturated heterocycles. The number of hydrogen-bond donors (Lipinski definition) is 3. The van der Waals surface area contributed by atoms with Crippen LogP contribution >= 0.6 is 23.2 Å². The molecule has 3 N–H and O–H groups in total. The van der Waals surface area contributed by atoms with Crippen LogP contribution in [0.4, 0.5) is 5.69 Å². The average molecular weight is 731 g/mol. The topological polar surface area (TPSA) is 122 Å². The standard InChI is InChI=1S/C24H23ClN2O3.C18H10ClNO2/c25-17-10-11-21(20(14-17)23(30)27-24(15-28)12-3-4-13-24)26-22(29)19-9-5-7-16-6-1-2-8-18(16)19;19-12-8-9-16-15(10-12)18(21)22-17(20-16)14-7-3-5-11-4-1-2-6-13(11)14/h1-2,5-11,14,28H,3-4,12-13,15H2,(H,26,29)(H,27,30);1-10H. The smallest absolute Gasteiger partial charge is 0.347 e. The lowest BCUT2D eigenvalue weighted by Crippen LogP contribution is -2.49. The lowest BCUT2D eigenvalue weighted by atomic mass is 9.98. The predicted molar refractivity (Wildman–Crippen MR) is 207 cm³/mol. The molecule has 7 aromatic rings. The van der Waals surface area contributed by atoms with Crippen molar-refractivity contribution in [2.75, 3.05) is 11.9 Å². The van der Waals surface area contributed by atoms with E-state index in [4.69, 9.17) is 27.6 Å². The molecule has 0 atom stereocenters. The highest BCUT2D eigenvalue weighted by Gasteiger charge is 2.35. The molecular formula is C42H33Cl2N3O5. The first kappa shape index (κ1) is 34.9. The minimum atomic E-state index is -0.615. The van der Waals surface area contributed by atoms with Gasteiger partial charge in [0.1, 0.15) is 0 Å². The summed E-state index contributed by atoms with van der Waals surface area (Å²) in [6, 6.07) is 36.7. The monoisotopic (exact) mass is 729 g/mol. The van der Waals surface area contributed by atoms with Crippen molar-refractivity contribution in [2.24, 2.45) is 0 Å². The molecule has 1 aliphatic rings. The number of carbonyl (C=O) groups excluding carboxylic acids is 2. The van der Waals surface area contributed by atoms with E-state index in [0.29, 0.717) is 38.1 Å². The zero-order valence-corrected chi connectivity index (χ0v) is 29.4. The van der Waals surface area contributed by atoms with Crippen molar-refractivity contribution in [3.63, 3.8) is 0 Å². The summed E-state index contributed by atoms with van der Waals surface area (Å²) in [6.07, 6.45) is 3.38. The SMILES string of the molecule is O=C(NC1(CO)CCCC1)c1cc(Cl)ccc1NC(=O)c1cccc2ccccc12.O=c1oc(-c2cccc3ccccc23)nc2ccc(Cl)cc12. The first-order valence-corrected chi connectivity index (χ1v) is 17.6. The molecule has 0 radical (unpaired) electrons.